The lowest BCUT2D eigenvalue weighted by atomic mass is 9.92. The van der Waals surface area contributed by atoms with Crippen molar-refractivity contribution in [1.82, 2.24) is 14.3 Å². The molecule has 1 rings (SSSR count). The maximum atomic E-state index is 12.1. The number of hydrogen-bond donors (Lipinski definition) is 2. The summed E-state index contributed by atoms with van der Waals surface area (Å²) in [7, 11) is -1.70. The lowest BCUT2D eigenvalue weighted by Crippen LogP contribution is -2.48. The molecule has 1 aliphatic rings. The van der Waals surface area contributed by atoms with Crippen molar-refractivity contribution in [3.05, 3.63) is 0 Å². The van der Waals surface area contributed by atoms with Crippen molar-refractivity contribution in [2.24, 2.45) is 0 Å². The summed E-state index contributed by atoms with van der Waals surface area (Å²) < 4.78 is 28.4. The second-order valence-corrected chi connectivity index (χ2v) is 7.50. The quantitative estimate of drug-likeness (QED) is 0.747. The summed E-state index contributed by atoms with van der Waals surface area (Å²) in [6.45, 7) is 6.97. The average molecular weight is 291 g/mol. The molecular formula is C13H29N3O2S. The zero-order chi connectivity index (χ0) is 14.5. The Kier molecular flexibility index (Phi) is 6.73. The van der Waals surface area contributed by atoms with Gasteiger partial charge in [0.15, 0.2) is 0 Å². The molecule has 0 heterocycles. The minimum atomic E-state index is -3.33. The first kappa shape index (κ1) is 16.9. The Bertz CT molecular complexity index is 349. The van der Waals surface area contributed by atoms with Crippen LogP contribution in [0, 0.1) is 0 Å². The molecule has 19 heavy (non-hydrogen) atoms. The molecule has 0 aromatic heterocycles. The van der Waals surface area contributed by atoms with Crippen LogP contribution in [0.5, 0.6) is 0 Å². The molecule has 1 fully saturated rings. The normalized spacial score (nSPS) is 25.2. The molecule has 0 saturated heterocycles. The highest BCUT2D eigenvalue weighted by atomic mass is 32.2. The van der Waals surface area contributed by atoms with Crippen molar-refractivity contribution < 1.29 is 8.42 Å². The Morgan fingerprint density at radius 2 is 1.68 bits per heavy atom. The van der Waals surface area contributed by atoms with Crippen molar-refractivity contribution in [3.63, 3.8) is 0 Å². The summed E-state index contributed by atoms with van der Waals surface area (Å²) in [6.07, 6.45) is 5.10. The summed E-state index contributed by atoms with van der Waals surface area (Å²) in [6, 6.07) is 0.634. The molecule has 5 nitrogen and oxygen atoms in total. The van der Waals surface area contributed by atoms with Gasteiger partial charge in [-0.05, 0) is 52.5 Å². The van der Waals surface area contributed by atoms with Gasteiger partial charge in [-0.15, -0.1) is 0 Å². The maximum absolute atomic E-state index is 12.1. The van der Waals surface area contributed by atoms with Gasteiger partial charge in [0.05, 0.1) is 0 Å². The SMILES string of the molecule is CCCNC1CCC(NS(=O)(=O)N(C)C(C)C)CC1. The van der Waals surface area contributed by atoms with Gasteiger partial charge in [-0.1, -0.05) is 6.92 Å². The molecular weight excluding hydrogens is 262 g/mol. The van der Waals surface area contributed by atoms with Gasteiger partial charge in [-0.2, -0.15) is 17.4 Å². The van der Waals surface area contributed by atoms with Crippen LogP contribution in [0.1, 0.15) is 52.9 Å². The van der Waals surface area contributed by atoms with Crippen molar-refractivity contribution in [2.45, 2.75) is 71.0 Å². The molecule has 0 amide bonds. The van der Waals surface area contributed by atoms with Crippen LogP contribution < -0.4 is 10.0 Å². The van der Waals surface area contributed by atoms with E-state index in [0.717, 1.165) is 38.6 Å². The van der Waals surface area contributed by atoms with Crippen LogP contribution in [0.4, 0.5) is 0 Å². The highest BCUT2D eigenvalue weighted by Gasteiger charge is 2.27. The smallest absolute Gasteiger partial charge is 0.279 e. The fourth-order valence-electron chi connectivity index (χ4n) is 2.34. The Morgan fingerprint density at radius 1 is 1.16 bits per heavy atom. The highest BCUT2D eigenvalue weighted by molar-refractivity contribution is 7.87. The van der Waals surface area contributed by atoms with E-state index in [1.807, 2.05) is 13.8 Å². The number of nitrogens with zero attached hydrogens (tertiary/aromatic N) is 1. The van der Waals surface area contributed by atoms with Crippen molar-refractivity contribution in [2.75, 3.05) is 13.6 Å². The topological polar surface area (TPSA) is 61.4 Å². The van der Waals surface area contributed by atoms with Crippen LogP contribution >= 0.6 is 0 Å². The van der Waals surface area contributed by atoms with E-state index in [4.69, 9.17) is 0 Å². The fraction of sp³-hybridized carbons (Fsp3) is 1.00. The van der Waals surface area contributed by atoms with Crippen LogP contribution in [0.25, 0.3) is 0 Å². The van der Waals surface area contributed by atoms with E-state index in [1.165, 1.54) is 4.31 Å². The van der Waals surface area contributed by atoms with E-state index >= 15 is 0 Å². The minimum Gasteiger partial charge on any atom is -0.314 e. The Morgan fingerprint density at radius 3 is 2.16 bits per heavy atom. The summed E-state index contributed by atoms with van der Waals surface area (Å²) in [5.74, 6) is 0. The van der Waals surface area contributed by atoms with Gasteiger partial charge < -0.3 is 5.32 Å². The molecule has 0 bridgehead atoms. The van der Waals surface area contributed by atoms with E-state index < -0.39 is 10.2 Å². The molecule has 0 radical (unpaired) electrons. The largest absolute Gasteiger partial charge is 0.314 e. The Labute approximate surface area is 118 Å². The summed E-state index contributed by atoms with van der Waals surface area (Å²) in [5.41, 5.74) is 0. The number of hydrogen-bond acceptors (Lipinski definition) is 3. The molecule has 0 spiro atoms. The van der Waals surface area contributed by atoms with Gasteiger partial charge >= 0.3 is 0 Å². The van der Waals surface area contributed by atoms with Crippen LogP contribution in [0.15, 0.2) is 0 Å². The molecule has 6 heteroatoms. The molecule has 0 unspecified atom stereocenters. The van der Waals surface area contributed by atoms with Crippen molar-refractivity contribution in [3.8, 4) is 0 Å². The lowest BCUT2D eigenvalue weighted by molar-refractivity contribution is 0.320. The lowest BCUT2D eigenvalue weighted by Gasteiger charge is -2.31. The number of rotatable bonds is 7. The van der Waals surface area contributed by atoms with Gasteiger partial charge in [0, 0.05) is 25.2 Å². The van der Waals surface area contributed by atoms with Crippen LogP contribution in [0.2, 0.25) is 0 Å². The summed E-state index contributed by atoms with van der Waals surface area (Å²) in [5, 5.41) is 3.51. The Balaban J connectivity index is 2.40. The molecule has 0 aromatic carbocycles. The summed E-state index contributed by atoms with van der Waals surface area (Å²) in [4.78, 5) is 0. The Hall–Kier alpha value is -0.170. The standard InChI is InChI=1S/C13H29N3O2S/c1-5-10-14-12-6-8-13(9-7-12)15-19(17,18)16(4)11(2)3/h11-15H,5-10H2,1-4H3. The third-order valence-corrected chi connectivity index (χ3v) is 5.64. The van der Waals surface area contributed by atoms with E-state index in [9.17, 15) is 8.42 Å². The zero-order valence-electron chi connectivity index (χ0n) is 12.6. The van der Waals surface area contributed by atoms with Crippen molar-refractivity contribution >= 4 is 10.2 Å². The first-order valence-corrected chi connectivity index (χ1v) is 8.79. The molecule has 0 atom stereocenters. The first-order chi connectivity index (χ1) is 8.86. The first-order valence-electron chi connectivity index (χ1n) is 7.35. The molecule has 1 aliphatic carbocycles. The van der Waals surface area contributed by atoms with E-state index in [2.05, 4.69) is 17.0 Å². The molecule has 0 aliphatic heterocycles. The van der Waals surface area contributed by atoms with E-state index in [0.29, 0.717) is 6.04 Å². The maximum Gasteiger partial charge on any atom is 0.279 e. The predicted molar refractivity (Wildman–Crippen MR) is 79.3 cm³/mol. The molecule has 114 valence electrons. The molecule has 0 aromatic rings. The van der Waals surface area contributed by atoms with E-state index in [1.54, 1.807) is 7.05 Å². The van der Waals surface area contributed by atoms with Crippen LogP contribution in [-0.4, -0.2) is 44.4 Å². The summed E-state index contributed by atoms with van der Waals surface area (Å²) >= 11 is 0. The van der Waals surface area contributed by atoms with Gasteiger partial charge in [-0.25, -0.2) is 0 Å². The second-order valence-electron chi connectivity index (χ2n) is 5.74. The second kappa shape index (κ2) is 7.57. The third-order valence-electron chi connectivity index (χ3n) is 3.83. The van der Waals surface area contributed by atoms with Gasteiger partial charge in [0.1, 0.15) is 0 Å². The van der Waals surface area contributed by atoms with Crippen LogP contribution in [-0.2, 0) is 10.2 Å². The average Bonchev–Trinajstić information content (AvgIpc) is 2.36. The third kappa shape index (κ3) is 5.38. The van der Waals surface area contributed by atoms with Crippen LogP contribution in [0.3, 0.4) is 0 Å². The highest BCUT2D eigenvalue weighted by Crippen LogP contribution is 2.20. The van der Waals surface area contributed by atoms with Crippen molar-refractivity contribution in [1.29, 1.82) is 0 Å². The molecule has 2 N–H and O–H groups in total. The van der Waals surface area contributed by atoms with Gasteiger partial charge in [0.25, 0.3) is 10.2 Å². The van der Waals surface area contributed by atoms with E-state index in [-0.39, 0.29) is 12.1 Å². The fourth-order valence-corrected chi connectivity index (χ4v) is 3.71. The monoisotopic (exact) mass is 291 g/mol. The number of nitrogens with one attached hydrogen (secondary N) is 2. The zero-order valence-corrected chi connectivity index (χ0v) is 13.5. The molecule has 1 saturated carbocycles. The van der Waals surface area contributed by atoms with Gasteiger partial charge in [-0.3, -0.25) is 0 Å². The predicted octanol–water partition coefficient (Wildman–Crippen LogP) is 1.47. The van der Waals surface area contributed by atoms with Gasteiger partial charge in [0.2, 0.25) is 0 Å². The minimum absolute atomic E-state index is 0.0138.